The van der Waals surface area contributed by atoms with Gasteiger partial charge in [0.15, 0.2) is 16.8 Å². The molecule has 0 aliphatic rings. The van der Waals surface area contributed by atoms with E-state index in [1.54, 1.807) is 6.92 Å². The average molecular weight is 215 g/mol. The lowest BCUT2D eigenvalue weighted by Gasteiger charge is -2.01. The van der Waals surface area contributed by atoms with Crippen molar-refractivity contribution >= 4 is 22.6 Å². The van der Waals surface area contributed by atoms with Gasteiger partial charge in [0, 0.05) is 0 Å². The lowest BCUT2D eigenvalue weighted by Crippen LogP contribution is -1.95. The summed E-state index contributed by atoms with van der Waals surface area (Å²) in [6, 6.07) is 2.34. The lowest BCUT2D eigenvalue weighted by atomic mass is 10.2. The van der Waals surface area contributed by atoms with Gasteiger partial charge in [-0.15, -0.1) is 0 Å². The second kappa shape index (κ2) is 3.13. The molecule has 1 aromatic heterocycles. The molecule has 0 unspecified atom stereocenters. The Morgan fingerprint density at radius 3 is 2.64 bits per heavy atom. The third-order valence-electron chi connectivity index (χ3n) is 1.84. The van der Waals surface area contributed by atoms with Crippen LogP contribution >= 0.6 is 11.6 Å². The second-order valence-corrected chi connectivity index (χ2v) is 3.19. The highest BCUT2D eigenvalue weighted by molar-refractivity contribution is 6.30. The number of aromatic nitrogens is 2. The van der Waals surface area contributed by atoms with Gasteiger partial charge in [0.25, 0.3) is 0 Å². The van der Waals surface area contributed by atoms with Gasteiger partial charge in [-0.3, -0.25) is 0 Å². The van der Waals surface area contributed by atoms with Crippen LogP contribution in [0.15, 0.2) is 12.1 Å². The zero-order valence-corrected chi connectivity index (χ0v) is 7.94. The number of nitrogens with zero attached hydrogens (tertiary/aromatic N) is 2. The molecule has 0 N–H and O–H groups in total. The first kappa shape index (κ1) is 9.27. The van der Waals surface area contributed by atoms with E-state index >= 15 is 0 Å². The Morgan fingerprint density at radius 2 is 1.93 bits per heavy atom. The summed E-state index contributed by atoms with van der Waals surface area (Å²) >= 11 is 5.69. The Balaban J connectivity index is 2.89. The maximum Gasteiger partial charge on any atom is 0.186 e. The molecule has 14 heavy (non-hydrogen) atoms. The van der Waals surface area contributed by atoms with Crippen LogP contribution in [0.2, 0.25) is 5.15 Å². The molecule has 0 saturated heterocycles. The number of aryl methyl sites for hydroxylation is 1. The molecule has 0 fully saturated rings. The van der Waals surface area contributed by atoms with Crippen molar-refractivity contribution in [3.63, 3.8) is 0 Å². The van der Waals surface area contributed by atoms with E-state index in [1.807, 2.05) is 0 Å². The predicted molar refractivity (Wildman–Crippen MR) is 49.2 cm³/mol. The largest absolute Gasteiger partial charge is 0.245 e. The summed E-state index contributed by atoms with van der Waals surface area (Å²) in [5.74, 6) is -1.93. The van der Waals surface area contributed by atoms with Gasteiger partial charge in [0.1, 0.15) is 5.52 Å². The molecule has 0 radical (unpaired) electrons. The Kier molecular flexibility index (Phi) is 2.07. The second-order valence-electron chi connectivity index (χ2n) is 2.83. The SMILES string of the molecule is Cc1nc2c(F)c(F)ccc2nc1Cl. The first-order valence-electron chi connectivity index (χ1n) is 3.87. The highest BCUT2D eigenvalue weighted by Crippen LogP contribution is 2.20. The topological polar surface area (TPSA) is 25.8 Å². The molecular formula is C9H5ClF2N2. The van der Waals surface area contributed by atoms with Gasteiger partial charge in [-0.1, -0.05) is 11.6 Å². The molecule has 0 bridgehead atoms. The zero-order chi connectivity index (χ0) is 10.3. The van der Waals surface area contributed by atoms with E-state index < -0.39 is 11.6 Å². The summed E-state index contributed by atoms with van der Waals surface area (Å²) in [4.78, 5) is 7.70. The van der Waals surface area contributed by atoms with Crippen LogP contribution in [-0.4, -0.2) is 9.97 Å². The molecule has 0 aliphatic heterocycles. The van der Waals surface area contributed by atoms with Crippen LogP contribution in [0.1, 0.15) is 5.69 Å². The Hall–Kier alpha value is -1.29. The summed E-state index contributed by atoms with van der Waals surface area (Å²) in [5.41, 5.74) is 0.537. The Labute approximate surface area is 83.6 Å². The fourth-order valence-electron chi connectivity index (χ4n) is 1.13. The molecule has 72 valence electrons. The van der Waals surface area contributed by atoms with Crippen molar-refractivity contribution in [2.45, 2.75) is 6.92 Å². The van der Waals surface area contributed by atoms with E-state index in [4.69, 9.17) is 11.6 Å². The lowest BCUT2D eigenvalue weighted by molar-refractivity contribution is 0.515. The molecule has 2 rings (SSSR count). The maximum atomic E-state index is 13.2. The van der Waals surface area contributed by atoms with E-state index in [0.29, 0.717) is 5.69 Å². The number of hydrogen-bond acceptors (Lipinski definition) is 2. The zero-order valence-electron chi connectivity index (χ0n) is 7.18. The number of benzene rings is 1. The molecular weight excluding hydrogens is 210 g/mol. The minimum absolute atomic E-state index is 0.0908. The third-order valence-corrected chi connectivity index (χ3v) is 2.20. The van der Waals surface area contributed by atoms with Crippen molar-refractivity contribution in [2.75, 3.05) is 0 Å². The fourth-order valence-corrected chi connectivity index (χ4v) is 1.26. The van der Waals surface area contributed by atoms with Crippen LogP contribution in [0, 0.1) is 18.6 Å². The fraction of sp³-hybridized carbons (Fsp3) is 0.111. The van der Waals surface area contributed by atoms with E-state index in [1.165, 1.54) is 6.07 Å². The number of fused-ring (bicyclic) bond motifs is 1. The van der Waals surface area contributed by atoms with Gasteiger partial charge in [-0.2, -0.15) is 0 Å². The van der Waals surface area contributed by atoms with E-state index in [0.717, 1.165) is 6.07 Å². The van der Waals surface area contributed by atoms with Crippen molar-refractivity contribution in [3.8, 4) is 0 Å². The summed E-state index contributed by atoms with van der Waals surface area (Å²) in [6.45, 7) is 1.58. The van der Waals surface area contributed by atoms with E-state index in [2.05, 4.69) is 9.97 Å². The number of halogens is 3. The van der Waals surface area contributed by atoms with Crippen LogP contribution < -0.4 is 0 Å². The van der Waals surface area contributed by atoms with Gasteiger partial charge in [-0.25, -0.2) is 18.7 Å². The molecule has 1 aromatic carbocycles. The Bertz CT molecular complexity index is 514. The standard InChI is InChI=1S/C9H5ClF2N2/c1-4-9(10)14-6-3-2-5(11)7(12)8(6)13-4/h2-3H,1H3. The van der Waals surface area contributed by atoms with Crippen LogP contribution in [0.5, 0.6) is 0 Å². The minimum atomic E-state index is -0.991. The minimum Gasteiger partial charge on any atom is -0.245 e. The summed E-state index contributed by atoms with van der Waals surface area (Å²) < 4.78 is 26.0. The van der Waals surface area contributed by atoms with Crippen molar-refractivity contribution < 1.29 is 8.78 Å². The summed E-state index contributed by atoms with van der Waals surface area (Å²) in [7, 11) is 0. The molecule has 0 aliphatic carbocycles. The molecule has 0 atom stereocenters. The highest BCUT2D eigenvalue weighted by atomic mass is 35.5. The van der Waals surface area contributed by atoms with Crippen LogP contribution in [0.4, 0.5) is 8.78 Å². The Morgan fingerprint density at radius 1 is 1.21 bits per heavy atom. The monoisotopic (exact) mass is 214 g/mol. The van der Waals surface area contributed by atoms with Crippen LogP contribution in [-0.2, 0) is 0 Å². The normalized spacial score (nSPS) is 10.9. The van der Waals surface area contributed by atoms with Gasteiger partial charge in [0.05, 0.1) is 11.2 Å². The molecule has 2 aromatic rings. The number of rotatable bonds is 0. The van der Waals surface area contributed by atoms with Gasteiger partial charge in [-0.05, 0) is 19.1 Å². The quantitative estimate of drug-likeness (QED) is 0.674. The summed E-state index contributed by atoms with van der Waals surface area (Å²) in [6.07, 6.45) is 0. The first-order chi connectivity index (χ1) is 6.59. The van der Waals surface area contributed by atoms with Crippen LogP contribution in [0.3, 0.4) is 0 Å². The average Bonchev–Trinajstić information content (AvgIpc) is 2.15. The van der Waals surface area contributed by atoms with Gasteiger partial charge < -0.3 is 0 Å². The van der Waals surface area contributed by atoms with Crippen LogP contribution in [0.25, 0.3) is 11.0 Å². The molecule has 1 heterocycles. The third kappa shape index (κ3) is 1.32. The maximum absolute atomic E-state index is 13.2. The van der Waals surface area contributed by atoms with E-state index in [-0.39, 0.29) is 16.2 Å². The van der Waals surface area contributed by atoms with Crippen molar-refractivity contribution in [1.29, 1.82) is 0 Å². The molecule has 2 nitrogen and oxygen atoms in total. The molecule has 0 saturated carbocycles. The molecule has 5 heteroatoms. The highest BCUT2D eigenvalue weighted by Gasteiger charge is 2.11. The summed E-state index contributed by atoms with van der Waals surface area (Å²) in [5, 5.41) is 0.198. The van der Waals surface area contributed by atoms with Gasteiger partial charge >= 0.3 is 0 Å². The molecule has 0 amide bonds. The van der Waals surface area contributed by atoms with E-state index in [9.17, 15) is 8.78 Å². The van der Waals surface area contributed by atoms with Gasteiger partial charge in [0.2, 0.25) is 0 Å². The number of hydrogen-bond donors (Lipinski definition) is 0. The molecule has 0 spiro atoms. The van der Waals surface area contributed by atoms with Crippen molar-refractivity contribution in [1.82, 2.24) is 9.97 Å². The predicted octanol–water partition coefficient (Wildman–Crippen LogP) is 2.87. The van der Waals surface area contributed by atoms with Crippen molar-refractivity contribution in [2.24, 2.45) is 0 Å². The first-order valence-corrected chi connectivity index (χ1v) is 4.25. The van der Waals surface area contributed by atoms with Crippen molar-refractivity contribution in [3.05, 3.63) is 34.6 Å². The smallest absolute Gasteiger partial charge is 0.186 e.